The first-order valence-corrected chi connectivity index (χ1v) is 5.36. The number of hydrogen-bond acceptors (Lipinski definition) is 3. The lowest BCUT2D eigenvalue weighted by Gasteiger charge is -1.99. The smallest absolute Gasteiger partial charge is 0.172 e. The van der Waals surface area contributed by atoms with Gasteiger partial charge < -0.3 is 5.73 Å². The van der Waals surface area contributed by atoms with Crippen LogP contribution >= 0.6 is 11.8 Å². The summed E-state index contributed by atoms with van der Waals surface area (Å²) in [6.45, 7) is 2.04. The SMILES string of the molecule is CCSCC(=O)c1ccc(N)cc1. The Hall–Kier alpha value is -0.960. The van der Waals surface area contributed by atoms with Crippen molar-refractivity contribution in [1.82, 2.24) is 0 Å². The maximum Gasteiger partial charge on any atom is 0.172 e. The van der Waals surface area contributed by atoms with E-state index in [9.17, 15) is 4.79 Å². The summed E-state index contributed by atoms with van der Waals surface area (Å²) in [6.07, 6.45) is 0. The molecule has 1 rings (SSSR count). The number of Topliss-reactive ketones (excluding diaryl/α,β-unsaturated/α-hetero) is 1. The molecular formula is C10H13NOS. The summed E-state index contributed by atoms with van der Waals surface area (Å²) in [7, 11) is 0. The fraction of sp³-hybridized carbons (Fsp3) is 0.300. The Balaban J connectivity index is 2.61. The number of hydrogen-bond donors (Lipinski definition) is 1. The van der Waals surface area contributed by atoms with Gasteiger partial charge in [-0.15, -0.1) is 0 Å². The number of carbonyl (C=O) groups is 1. The largest absolute Gasteiger partial charge is 0.399 e. The van der Waals surface area contributed by atoms with Gasteiger partial charge >= 0.3 is 0 Å². The molecule has 0 atom stereocenters. The van der Waals surface area contributed by atoms with Crippen LogP contribution in [-0.4, -0.2) is 17.3 Å². The second-order valence-electron chi connectivity index (χ2n) is 2.68. The van der Waals surface area contributed by atoms with E-state index in [1.54, 1.807) is 36.0 Å². The summed E-state index contributed by atoms with van der Waals surface area (Å²) in [5.74, 6) is 1.70. The quantitative estimate of drug-likeness (QED) is 0.591. The van der Waals surface area contributed by atoms with Gasteiger partial charge in [0.2, 0.25) is 0 Å². The maximum atomic E-state index is 11.5. The van der Waals surface area contributed by atoms with Crippen molar-refractivity contribution in [2.45, 2.75) is 6.92 Å². The van der Waals surface area contributed by atoms with Gasteiger partial charge in [-0.05, 0) is 30.0 Å². The summed E-state index contributed by atoms with van der Waals surface area (Å²) in [4.78, 5) is 11.5. The standard InChI is InChI=1S/C10H13NOS/c1-2-13-7-10(12)8-3-5-9(11)6-4-8/h3-6H,2,7,11H2,1H3. The fourth-order valence-corrected chi connectivity index (χ4v) is 1.50. The molecule has 3 heteroatoms. The molecule has 0 aliphatic heterocycles. The van der Waals surface area contributed by atoms with Crippen LogP contribution in [0.2, 0.25) is 0 Å². The average Bonchev–Trinajstić information content (AvgIpc) is 2.15. The zero-order chi connectivity index (χ0) is 9.68. The molecule has 0 aliphatic rings. The monoisotopic (exact) mass is 195 g/mol. The van der Waals surface area contributed by atoms with Crippen LogP contribution in [0.5, 0.6) is 0 Å². The van der Waals surface area contributed by atoms with Gasteiger partial charge in [0, 0.05) is 11.3 Å². The van der Waals surface area contributed by atoms with Crippen molar-refractivity contribution in [3.8, 4) is 0 Å². The Morgan fingerprint density at radius 1 is 1.38 bits per heavy atom. The van der Waals surface area contributed by atoms with Crippen LogP contribution in [0, 0.1) is 0 Å². The van der Waals surface area contributed by atoms with Crippen LogP contribution in [0.3, 0.4) is 0 Å². The Morgan fingerprint density at radius 3 is 2.54 bits per heavy atom. The van der Waals surface area contributed by atoms with Crippen molar-refractivity contribution in [3.05, 3.63) is 29.8 Å². The van der Waals surface area contributed by atoms with Crippen molar-refractivity contribution in [3.63, 3.8) is 0 Å². The highest BCUT2D eigenvalue weighted by atomic mass is 32.2. The molecule has 0 aromatic heterocycles. The number of benzene rings is 1. The molecule has 0 fully saturated rings. The predicted molar refractivity (Wildman–Crippen MR) is 58.2 cm³/mol. The molecule has 0 amide bonds. The van der Waals surface area contributed by atoms with Gasteiger partial charge in [0.15, 0.2) is 5.78 Å². The molecule has 0 bridgehead atoms. The Labute approximate surface area is 82.5 Å². The number of nitrogen functional groups attached to an aromatic ring is 1. The van der Waals surface area contributed by atoms with E-state index < -0.39 is 0 Å². The lowest BCUT2D eigenvalue weighted by atomic mass is 10.1. The van der Waals surface area contributed by atoms with Crippen molar-refractivity contribution in [2.75, 3.05) is 17.2 Å². The van der Waals surface area contributed by atoms with E-state index in [1.165, 1.54) is 0 Å². The highest BCUT2D eigenvalue weighted by Crippen LogP contribution is 2.09. The summed E-state index contributed by atoms with van der Waals surface area (Å²) in [6, 6.07) is 7.05. The molecule has 0 saturated carbocycles. The zero-order valence-electron chi connectivity index (χ0n) is 7.62. The Bertz CT molecular complexity index is 281. The first-order valence-electron chi connectivity index (χ1n) is 4.20. The van der Waals surface area contributed by atoms with E-state index in [2.05, 4.69) is 0 Å². The first kappa shape index (κ1) is 10.1. The predicted octanol–water partition coefficient (Wildman–Crippen LogP) is 2.20. The van der Waals surface area contributed by atoms with Crippen LogP contribution in [0.1, 0.15) is 17.3 Å². The van der Waals surface area contributed by atoms with Crippen LogP contribution in [-0.2, 0) is 0 Å². The Morgan fingerprint density at radius 2 is 2.00 bits per heavy atom. The van der Waals surface area contributed by atoms with Crippen molar-refractivity contribution in [1.29, 1.82) is 0 Å². The molecule has 0 spiro atoms. The number of anilines is 1. The second-order valence-corrected chi connectivity index (χ2v) is 3.96. The molecule has 0 aliphatic carbocycles. The number of carbonyl (C=O) groups excluding carboxylic acids is 1. The van der Waals surface area contributed by atoms with Gasteiger partial charge in [0.05, 0.1) is 5.75 Å². The van der Waals surface area contributed by atoms with Crippen LogP contribution < -0.4 is 5.73 Å². The lowest BCUT2D eigenvalue weighted by molar-refractivity contribution is 0.102. The normalized spacial score (nSPS) is 9.92. The molecule has 0 unspecified atom stereocenters. The number of rotatable bonds is 4. The molecule has 2 nitrogen and oxygen atoms in total. The van der Waals surface area contributed by atoms with Gasteiger partial charge in [-0.2, -0.15) is 11.8 Å². The minimum absolute atomic E-state index is 0.173. The highest BCUT2D eigenvalue weighted by molar-refractivity contribution is 7.99. The van der Waals surface area contributed by atoms with E-state index in [1.807, 2.05) is 6.92 Å². The molecule has 1 aromatic rings. The minimum atomic E-state index is 0.173. The summed E-state index contributed by atoms with van der Waals surface area (Å²) >= 11 is 1.63. The third kappa shape index (κ3) is 3.11. The first-order chi connectivity index (χ1) is 6.24. The molecule has 0 saturated heterocycles. The molecule has 13 heavy (non-hydrogen) atoms. The molecule has 1 aromatic carbocycles. The van der Waals surface area contributed by atoms with Gasteiger partial charge in [0.1, 0.15) is 0 Å². The van der Waals surface area contributed by atoms with E-state index in [-0.39, 0.29) is 5.78 Å². The molecule has 70 valence electrons. The highest BCUT2D eigenvalue weighted by Gasteiger charge is 2.03. The van der Waals surface area contributed by atoms with Gasteiger partial charge in [-0.1, -0.05) is 6.92 Å². The van der Waals surface area contributed by atoms with Gasteiger partial charge in [0.25, 0.3) is 0 Å². The minimum Gasteiger partial charge on any atom is -0.399 e. The third-order valence-corrected chi connectivity index (χ3v) is 2.54. The Kier molecular flexibility index (Phi) is 3.83. The van der Waals surface area contributed by atoms with Gasteiger partial charge in [-0.25, -0.2) is 0 Å². The summed E-state index contributed by atoms with van der Waals surface area (Å²) in [5.41, 5.74) is 6.95. The van der Waals surface area contributed by atoms with Crippen LogP contribution in [0.25, 0.3) is 0 Å². The number of ketones is 1. The van der Waals surface area contributed by atoms with Crippen LogP contribution in [0.4, 0.5) is 5.69 Å². The number of thioether (sulfide) groups is 1. The topological polar surface area (TPSA) is 43.1 Å². The van der Waals surface area contributed by atoms with E-state index in [0.717, 1.165) is 11.3 Å². The molecule has 0 heterocycles. The molecule has 2 N–H and O–H groups in total. The van der Waals surface area contributed by atoms with E-state index >= 15 is 0 Å². The lowest BCUT2D eigenvalue weighted by Crippen LogP contribution is -2.02. The molecular weight excluding hydrogens is 182 g/mol. The summed E-state index contributed by atoms with van der Waals surface area (Å²) in [5, 5.41) is 0. The zero-order valence-corrected chi connectivity index (χ0v) is 8.43. The van der Waals surface area contributed by atoms with Crippen LogP contribution in [0.15, 0.2) is 24.3 Å². The van der Waals surface area contributed by atoms with Crippen molar-refractivity contribution in [2.24, 2.45) is 0 Å². The molecule has 0 radical (unpaired) electrons. The third-order valence-electron chi connectivity index (χ3n) is 1.67. The van der Waals surface area contributed by atoms with Crippen molar-refractivity contribution >= 4 is 23.2 Å². The average molecular weight is 195 g/mol. The maximum absolute atomic E-state index is 11.5. The van der Waals surface area contributed by atoms with E-state index in [0.29, 0.717) is 11.4 Å². The second kappa shape index (κ2) is 4.92. The van der Waals surface area contributed by atoms with Gasteiger partial charge in [-0.3, -0.25) is 4.79 Å². The summed E-state index contributed by atoms with van der Waals surface area (Å²) < 4.78 is 0. The van der Waals surface area contributed by atoms with E-state index in [4.69, 9.17) is 5.73 Å². The van der Waals surface area contributed by atoms with Crippen molar-refractivity contribution < 1.29 is 4.79 Å². The fourth-order valence-electron chi connectivity index (χ4n) is 0.947. The number of nitrogens with two attached hydrogens (primary N) is 1.